The fourth-order valence-corrected chi connectivity index (χ4v) is 3.68. The molecule has 1 heterocycles. The quantitative estimate of drug-likeness (QED) is 0.320. The average Bonchev–Trinajstić information content (AvgIpc) is 3.27. The zero-order valence-electron chi connectivity index (χ0n) is 20.3. The summed E-state index contributed by atoms with van der Waals surface area (Å²) >= 11 is 0. The highest BCUT2D eigenvalue weighted by molar-refractivity contribution is 5.91. The van der Waals surface area contributed by atoms with Crippen LogP contribution in [-0.2, 0) is 28.4 Å². The van der Waals surface area contributed by atoms with E-state index in [9.17, 15) is 19.2 Å². The standard InChI is InChI=1S/C28H24O10/c1-33-28(32)38-27-23(37-26(31)20-15-9-4-10-16-20)22(36-25(30)19-13-7-3-8-14-19)21(35-27)17-34-24(29)18-11-5-2-6-12-18/h2-16,21-23,27H,17H2,1H3/t21-,22-,23-,27+/m1/s1. The van der Waals surface area contributed by atoms with Crippen LogP contribution in [0.2, 0.25) is 0 Å². The largest absolute Gasteiger partial charge is 0.510 e. The molecule has 0 radical (unpaired) electrons. The molecule has 196 valence electrons. The van der Waals surface area contributed by atoms with Gasteiger partial charge in [-0.25, -0.2) is 19.2 Å². The van der Waals surface area contributed by atoms with Gasteiger partial charge in [0.15, 0.2) is 6.10 Å². The van der Waals surface area contributed by atoms with Crippen molar-refractivity contribution in [3.8, 4) is 0 Å². The Balaban J connectivity index is 1.60. The Morgan fingerprint density at radius 2 is 1.08 bits per heavy atom. The second kappa shape index (κ2) is 12.5. The van der Waals surface area contributed by atoms with E-state index < -0.39 is 55.3 Å². The predicted octanol–water partition coefficient (Wildman–Crippen LogP) is 3.80. The normalized spacial score (nSPS) is 20.1. The van der Waals surface area contributed by atoms with Crippen molar-refractivity contribution in [1.82, 2.24) is 0 Å². The molecule has 4 atom stereocenters. The summed E-state index contributed by atoms with van der Waals surface area (Å²) in [5, 5.41) is 0. The minimum absolute atomic E-state index is 0.205. The van der Waals surface area contributed by atoms with E-state index in [-0.39, 0.29) is 16.7 Å². The topological polar surface area (TPSA) is 124 Å². The van der Waals surface area contributed by atoms with Gasteiger partial charge in [0.1, 0.15) is 12.7 Å². The molecule has 0 saturated carbocycles. The Morgan fingerprint density at radius 3 is 1.55 bits per heavy atom. The number of rotatable bonds is 8. The van der Waals surface area contributed by atoms with Gasteiger partial charge in [-0.15, -0.1) is 0 Å². The van der Waals surface area contributed by atoms with Crippen molar-refractivity contribution in [2.45, 2.75) is 24.6 Å². The molecule has 0 bridgehead atoms. The lowest BCUT2D eigenvalue weighted by Gasteiger charge is -2.24. The van der Waals surface area contributed by atoms with Gasteiger partial charge in [-0.2, -0.15) is 0 Å². The first-order valence-electron chi connectivity index (χ1n) is 11.6. The lowest BCUT2D eigenvalue weighted by atomic mass is 10.1. The van der Waals surface area contributed by atoms with E-state index in [1.165, 1.54) is 24.3 Å². The van der Waals surface area contributed by atoms with Crippen molar-refractivity contribution in [3.05, 3.63) is 108 Å². The van der Waals surface area contributed by atoms with Crippen LogP contribution in [0, 0.1) is 0 Å². The van der Waals surface area contributed by atoms with Crippen molar-refractivity contribution in [2.75, 3.05) is 13.7 Å². The Kier molecular flexibility index (Phi) is 8.68. The summed E-state index contributed by atoms with van der Waals surface area (Å²) in [5.41, 5.74) is 0.715. The zero-order valence-corrected chi connectivity index (χ0v) is 20.3. The first-order valence-corrected chi connectivity index (χ1v) is 11.6. The summed E-state index contributed by atoms with van der Waals surface area (Å²) in [5.74, 6) is -2.18. The molecule has 0 spiro atoms. The third kappa shape index (κ3) is 6.54. The highest BCUT2D eigenvalue weighted by Gasteiger charge is 2.52. The fourth-order valence-electron chi connectivity index (χ4n) is 3.68. The SMILES string of the molecule is COC(=O)O[C@@H]1O[C@H](COC(=O)c2ccccc2)[C@@H](OC(=O)c2ccccc2)[C@H]1OC(=O)c1ccccc1. The fraction of sp³-hybridized carbons (Fsp3) is 0.214. The lowest BCUT2D eigenvalue weighted by Crippen LogP contribution is -2.42. The molecule has 1 saturated heterocycles. The van der Waals surface area contributed by atoms with Crippen LogP contribution in [0.3, 0.4) is 0 Å². The first-order chi connectivity index (χ1) is 18.5. The van der Waals surface area contributed by atoms with Gasteiger partial charge in [0.2, 0.25) is 12.4 Å². The molecule has 1 fully saturated rings. The van der Waals surface area contributed by atoms with Gasteiger partial charge in [0.05, 0.1) is 23.8 Å². The van der Waals surface area contributed by atoms with E-state index in [2.05, 4.69) is 4.74 Å². The molecule has 38 heavy (non-hydrogen) atoms. The summed E-state index contributed by atoms with van der Waals surface area (Å²) in [6, 6.07) is 24.4. The van der Waals surface area contributed by atoms with Gasteiger partial charge in [0.25, 0.3) is 0 Å². The Labute approximate surface area is 218 Å². The summed E-state index contributed by atoms with van der Waals surface area (Å²) in [7, 11) is 1.09. The van der Waals surface area contributed by atoms with Crippen molar-refractivity contribution >= 4 is 24.1 Å². The van der Waals surface area contributed by atoms with Crippen LogP contribution in [0.15, 0.2) is 91.0 Å². The van der Waals surface area contributed by atoms with Crippen LogP contribution < -0.4 is 0 Å². The van der Waals surface area contributed by atoms with Crippen LogP contribution >= 0.6 is 0 Å². The summed E-state index contributed by atoms with van der Waals surface area (Å²) in [6.07, 6.45) is -6.52. The van der Waals surface area contributed by atoms with Gasteiger partial charge in [0, 0.05) is 0 Å². The molecular weight excluding hydrogens is 496 g/mol. The maximum absolute atomic E-state index is 12.9. The number of carbonyl (C=O) groups excluding carboxylic acids is 4. The zero-order chi connectivity index (χ0) is 26.9. The third-order valence-electron chi connectivity index (χ3n) is 5.54. The molecule has 0 amide bonds. The van der Waals surface area contributed by atoms with Crippen LogP contribution in [0.25, 0.3) is 0 Å². The van der Waals surface area contributed by atoms with Crippen molar-refractivity contribution < 1.29 is 47.6 Å². The second-order valence-corrected chi connectivity index (χ2v) is 8.05. The molecule has 10 nitrogen and oxygen atoms in total. The Hall–Kier alpha value is -4.70. The number of ether oxygens (including phenoxy) is 6. The molecule has 0 N–H and O–H groups in total. The number of hydrogen-bond donors (Lipinski definition) is 0. The van der Waals surface area contributed by atoms with Gasteiger partial charge < -0.3 is 28.4 Å². The van der Waals surface area contributed by atoms with Crippen LogP contribution in [0.5, 0.6) is 0 Å². The smallest absolute Gasteiger partial charge is 0.459 e. The predicted molar refractivity (Wildman–Crippen MR) is 130 cm³/mol. The molecule has 3 aromatic rings. The number of esters is 3. The number of methoxy groups -OCH3 is 1. The summed E-state index contributed by atoms with van der Waals surface area (Å²) < 4.78 is 32.1. The minimum Gasteiger partial charge on any atom is -0.459 e. The van der Waals surface area contributed by atoms with E-state index in [0.717, 1.165) is 7.11 Å². The maximum Gasteiger partial charge on any atom is 0.510 e. The molecule has 3 aromatic carbocycles. The average molecular weight is 520 g/mol. The molecule has 1 aliphatic rings. The second-order valence-electron chi connectivity index (χ2n) is 8.05. The molecule has 1 aliphatic heterocycles. The van der Waals surface area contributed by atoms with E-state index in [1.54, 1.807) is 66.7 Å². The molecule has 4 rings (SSSR count). The first kappa shape index (κ1) is 26.4. The van der Waals surface area contributed by atoms with E-state index in [1.807, 2.05) is 0 Å². The van der Waals surface area contributed by atoms with E-state index in [0.29, 0.717) is 0 Å². The number of carbonyl (C=O) groups is 4. The van der Waals surface area contributed by atoms with Crippen molar-refractivity contribution in [2.24, 2.45) is 0 Å². The van der Waals surface area contributed by atoms with Crippen molar-refractivity contribution in [1.29, 1.82) is 0 Å². The van der Waals surface area contributed by atoms with Crippen molar-refractivity contribution in [3.63, 3.8) is 0 Å². The molecular formula is C28H24O10. The molecule has 0 aliphatic carbocycles. The summed E-state index contributed by atoms with van der Waals surface area (Å²) in [6.45, 7) is -0.402. The number of hydrogen-bond acceptors (Lipinski definition) is 10. The van der Waals surface area contributed by atoms with Gasteiger partial charge >= 0.3 is 24.1 Å². The monoisotopic (exact) mass is 520 g/mol. The van der Waals surface area contributed by atoms with E-state index >= 15 is 0 Å². The van der Waals surface area contributed by atoms with E-state index in [4.69, 9.17) is 23.7 Å². The van der Waals surface area contributed by atoms with Crippen LogP contribution in [0.4, 0.5) is 4.79 Å². The molecule has 0 unspecified atom stereocenters. The molecule has 10 heteroatoms. The third-order valence-corrected chi connectivity index (χ3v) is 5.54. The van der Waals surface area contributed by atoms with Crippen LogP contribution in [-0.4, -0.2) is 62.4 Å². The maximum atomic E-state index is 12.9. The number of benzene rings is 3. The van der Waals surface area contributed by atoms with Gasteiger partial charge in [-0.3, -0.25) is 0 Å². The van der Waals surface area contributed by atoms with Gasteiger partial charge in [-0.1, -0.05) is 54.6 Å². The Morgan fingerprint density at radius 1 is 0.632 bits per heavy atom. The highest BCUT2D eigenvalue weighted by atomic mass is 16.8. The highest BCUT2D eigenvalue weighted by Crippen LogP contribution is 2.30. The lowest BCUT2D eigenvalue weighted by molar-refractivity contribution is -0.149. The summed E-state index contributed by atoms with van der Waals surface area (Å²) in [4.78, 5) is 50.3. The Bertz CT molecular complexity index is 1250. The minimum atomic E-state index is -1.52. The molecule has 0 aromatic heterocycles. The van der Waals surface area contributed by atoms with Crippen LogP contribution in [0.1, 0.15) is 31.1 Å². The van der Waals surface area contributed by atoms with Gasteiger partial charge in [-0.05, 0) is 36.4 Å².